The number of nitrogens with zero attached hydrogens (tertiary/aromatic N) is 3. The fourth-order valence-corrected chi connectivity index (χ4v) is 2.84. The van der Waals surface area contributed by atoms with E-state index in [4.69, 9.17) is 0 Å². The quantitative estimate of drug-likeness (QED) is 0.630. The van der Waals surface area contributed by atoms with Crippen LogP contribution in [0.3, 0.4) is 0 Å². The lowest BCUT2D eigenvalue weighted by Gasteiger charge is -2.09. The highest BCUT2D eigenvalue weighted by atomic mass is 32.1. The molecule has 2 amide bonds. The van der Waals surface area contributed by atoms with Crippen molar-refractivity contribution >= 4 is 34.0 Å². The van der Waals surface area contributed by atoms with Crippen molar-refractivity contribution in [2.45, 2.75) is 12.8 Å². The standard InChI is InChI=1S/C17H12F3N5O3S/c18-17(19,20)28-12-3-1-10(2-4-12)23-14(26)7-11-9-29-16(24-11)25-15(27)13-8-21-5-6-22-13/h1-6,8-9H,7H2,(H,23,26)(H,24,25,27). The van der Waals surface area contributed by atoms with Crippen molar-refractivity contribution in [3.05, 3.63) is 59.6 Å². The molecule has 0 aliphatic rings. The molecular weight excluding hydrogens is 411 g/mol. The molecule has 2 aromatic heterocycles. The molecule has 29 heavy (non-hydrogen) atoms. The van der Waals surface area contributed by atoms with Crippen LogP contribution in [-0.2, 0) is 11.2 Å². The predicted molar refractivity (Wildman–Crippen MR) is 97.6 cm³/mol. The molecule has 0 bridgehead atoms. The molecule has 0 atom stereocenters. The Morgan fingerprint density at radius 3 is 2.52 bits per heavy atom. The van der Waals surface area contributed by atoms with Gasteiger partial charge < -0.3 is 10.1 Å². The molecule has 0 unspecified atom stereocenters. The highest BCUT2D eigenvalue weighted by Gasteiger charge is 2.30. The monoisotopic (exact) mass is 423 g/mol. The average Bonchev–Trinajstić information content (AvgIpc) is 3.09. The van der Waals surface area contributed by atoms with Gasteiger partial charge in [0, 0.05) is 23.5 Å². The Balaban J connectivity index is 1.53. The van der Waals surface area contributed by atoms with Crippen LogP contribution in [0.1, 0.15) is 16.2 Å². The van der Waals surface area contributed by atoms with Gasteiger partial charge in [-0.3, -0.25) is 19.9 Å². The van der Waals surface area contributed by atoms with Crippen molar-refractivity contribution < 1.29 is 27.5 Å². The molecule has 0 spiro atoms. The number of anilines is 2. The molecule has 12 heteroatoms. The summed E-state index contributed by atoms with van der Waals surface area (Å²) in [4.78, 5) is 35.9. The largest absolute Gasteiger partial charge is 0.573 e. The number of hydrogen-bond acceptors (Lipinski definition) is 7. The van der Waals surface area contributed by atoms with E-state index < -0.39 is 23.9 Å². The van der Waals surface area contributed by atoms with Crippen molar-refractivity contribution in [3.8, 4) is 5.75 Å². The maximum absolute atomic E-state index is 12.1. The molecule has 0 fully saturated rings. The zero-order valence-electron chi connectivity index (χ0n) is 14.4. The zero-order valence-corrected chi connectivity index (χ0v) is 15.3. The first kappa shape index (κ1) is 20.2. The number of thiazole rings is 1. The van der Waals surface area contributed by atoms with Gasteiger partial charge in [-0.05, 0) is 24.3 Å². The van der Waals surface area contributed by atoms with E-state index in [2.05, 4.69) is 30.3 Å². The van der Waals surface area contributed by atoms with Crippen molar-refractivity contribution in [3.63, 3.8) is 0 Å². The fraction of sp³-hybridized carbons (Fsp3) is 0.118. The van der Waals surface area contributed by atoms with E-state index in [-0.39, 0.29) is 17.2 Å². The minimum absolute atomic E-state index is 0.0850. The maximum Gasteiger partial charge on any atom is 0.573 e. The SMILES string of the molecule is O=C(Cc1csc(NC(=O)c2cnccn2)n1)Nc1ccc(OC(F)(F)F)cc1. The van der Waals surface area contributed by atoms with Gasteiger partial charge in [0.2, 0.25) is 5.91 Å². The average molecular weight is 423 g/mol. The molecule has 3 aromatic rings. The first-order valence-electron chi connectivity index (χ1n) is 7.96. The third-order valence-corrected chi connectivity index (χ3v) is 4.09. The van der Waals surface area contributed by atoms with E-state index in [1.54, 1.807) is 5.38 Å². The summed E-state index contributed by atoms with van der Waals surface area (Å²) in [5, 5.41) is 6.99. The first-order chi connectivity index (χ1) is 13.8. The molecule has 3 rings (SSSR count). The Morgan fingerprint density at radius 2 is 1.86 bits per heavy atom. The van der Waals surface area contributed by atoms with Crippen LogP contribution in [0, 0.1) is 0 Å². The number of alkyl halides is 3. The summed E-state index contributed by atoms with van der Waals surface area (Å²) < 4.78 is 40.2. The third kappa shape index (κ3) is 6.24. The predicted octanol–water partition coefficient (Wildman–Crippen LogP) is 3.27. The summed E-state index contributed by atoms with van der Waals surface area (Å²) in [6, 6.07) is 4.75. The first-order valence-corrected chi connectivity index (χ1v) is 8.84. The van der Waals surface area contributed by atoms with E-state index in [0.717, 1.165) is 23.5 Å². The van der Waals surface area contributed by atoms with Crippen molar-refractivity contribution in [2.24, 2.45) is 0 Å². The molecule has 2 heterocycles. The normalized spacial score (nSPS) is 11.0. The van der Waals surface area contributed by atoms with Gasteiger partial charge in [0.1, 0.15) is 11.4 Å². The van der Waals surface area contributed by atoms with E-state index in [1.807, 2.05) is 0 Å². The van der Waals surface area contributed by atoms with Gasteiger partial charge in [-0.1, -0.05) is 0 Å². The number of hydrogen-bond donors (Lipinski definition) is 2. The van der Waals surface area contributed by atoms with Crippen LogP contribution in [0.15, 0.2) is 48.2 Å². The van der Waals surface area contributed by atoms with Gasteiger partial charge in [-0.25, -0.2) is 9.97 Å². The second kappa shape index (κ2) is 8.65. The Morgan fingerprint density at radius 1 is 1.10 bits per heavy atom. The van der Waals surface area contributed by atoms with E-state index in [1.165, 1.54) is 30.7 Å². The summed E-state index contributed by atoms with van der Waals surface area (Å²) in [7, 11) is 0. The van der Waals surface area contributed by atoms with Crippen LogP contribution >= 0.6 is 11.3 Å². The summed E-state index contributed by atoms with van der Waals surface area (Å²) in [6.07, 6.45) is -0.738. The van der Waals surface area contributed by atoms with Gasteiger partial charge in [0.25, 0.3) is 5.91 Å². The molecule has 8 nitrogen and oxygen atoms in total. The highest BCUT2D eigenvalue weighted by Crippen LogP contribution is 2.24. The molecule has 150 valence electrons. The Bertz CT molecular complexity index is 994. The van der Waals surface area contributed by atoms with Gasteiger partial charge >= 0.3 is 6.36 Å². The lowest BCUT2D eigenvalue weighted by molar-refractivity contribution is -0.274. The molecule has 0 aliphatic heterocycles. The number of aromatic nitrogens is 3. The van der Waals surface area contributed by atoms with Gasteiger partial charge in [-0.2, -0.15) is 0 Å². The highest BCUT2D eigenvalue weighted by molar-refractivity contribution is 7.14. The third-order valence-electron chi connectivity index (χ3n) is 3.28. The number of benzene rings is 1. The number of ether oxygens (including phenoxy) is 1. The van der Waals surface area contributed by atoms with Crippen molar-refractivity contribution in [2.75, 3.05) is 10.6 Å². The fourth-order valence-electron chi connectivity index (χ4n) is 2.13. The molecule has 0 aliphatic carbocycles. The van der Waals surface area contributed by atoms with Crippen molar-refractivity contribution in [1.82, 2.24) is 15.0 Å². The second-order valence-electron chi connectivity index (χ2n) is 5.49. The lowest BCUT2D eigenvalue weighted by atomic mass is 10.2. The van der Waals surface area contributed by atoms with Gasteiger partial charge in [0.05, 0.1) is 18.3 Å². The summed E-state index contributed by atoms with van der Waals surface area (Å²) in [5.74, 6) is -1.30. The van der Waals surface area contributed by atoms with E-state index in [9.17, 15) is 22.8 Å². The van der Waals surface area contributed by atoms with Crippen LogP contribution in [0.5, 0.6) is 5.75 Å². The smallest absolute Gasteiger partial charge is 0.406 e. The number of amides is 2. The van der Waals surface area contributed by atoms with Crippen LogP contribution in [-0.4, -0.2) is 33.1 Å². The molecule has 0 radical (unpaired) electrons. The molecular formula is C17H12F3N5O3S. The topological polar surface area (TPSA) is 106 Å². The van der Waals surface area contributed by atoms with Crippen LogP contribution < -0.4 is 15.4 Å². The number of nitrogens with one attached hydrogen (secondary N) is 2. The summed E-state index contributed by atoms with van der Waals surface area (Å²) in [6.45, 7) is 0. The maximum atomic E-state index is 12.1. The molecule has 0 saturated carbocycles. The number of carbonyl (C=O) groups is 2. The Kier molecular flexibility index (Phi) is 6.02. The van der Waals surface area contributed by atoms with E-state index in [0.29, 0.717) is 11.4 Å². The Hall–Kier alpha value is -3.54. The lowest BCUT2D eigenvalue weighted by Crippen LogP contribution is -2.17. The molecule has 0 saturated heterocycles. The second-order valence-corrected chi connectivity index (χ2v) is 6.34. The molecule has 2 N–H and O–H groups in total. The number of carbonyl (C=O) groups excluding carboxylic acids is 2. The van der Waals surface area contributed by atoms with Crippen molar-refractivity contribution in [1.29, 1.82) is 0 Å². The van der Waals surface area contributed by atoms with Crippen LogP contribution in [0.4, 0.5) is 24.0 Å². The number of rotatable bonds is 6. The van der Waals surface area contributed by atoms with E-state index >= 15 is 0 Å². The van der Waals surface area contributed by atoms with Crippen LogP contribution in [0.2, 0.25) is 0 Å². The minimum Gasteiger partial charge on any atom is -0.406 e. The zero-order chi connectivity index (χ0) is 20.9. The number of halogens is 3. The summed E-state index contributed by atoms with van der Waals surface area (Å²) in [5.41, 5.74) is 0.842. The molecule has 1 aromatic carbocycles. The van der Waals surface area contributed by atoms with Crippen LogP contribution in [0.25, 0.3) is 0 Å². The summed E-state index contributed by atoms with van der Waals surface area (Å²) >= 11 is 1.13. The van der Waals surface area contributed by atoms with Gasteiger partial charge in [-0.15, -0.1) is 24.5 Å². The Labute approximate surface area is 165 Å². The minimum atomic E-state index is -4.78. The van der Waals surface area contributed by atoms with Gasteiger partial charge in [0.15, 0.2) is 5.13 Å².